The van der Waals surface area contributed by atoms with E-state index in [1.165, 1.54) is 0 Å². The minimum Gasteiger partial charge on any atom is -0.396 e. The van der Waals surface area contributed by atoms with Crippen LogP contribution < -0.4 is 4.72 Å². The molecule has 0 aromatic rings. The average Bonchev–Trinajstić information content (AvgIpc) is 2.28. The molecule has 1 fully saturated rings. The van der Waals surface area contributed by atoms with Crippen LogP contribution in [0.2, 0.25) is 0 Å². The van der Waals surface area contributed by atoms with Crippen molar-refractivity contribution in [3.05, 3.63) is 0 Å². The number of sulfone groups is 1. The summed E-state index contributed by atoms with van der Waals surface area (Å²) in [5.41, 5.74) is -0.677. The standard InChI is InChI=1S/C11H23NO5S2/c1-3-11(2,6-7-13)12-19(16,17)10-4-8-18(14,15)9-5-10/h10,12-13H,3-9H2,1-2H3. The number of rotatable bonds is 6. The Hall–Kier alpha value is -0.180. The fourth-order valence-electron chi connectivity index (χ4n) is 2.15. The van der Waals surface area contributed by atoms with E-state index in [1.54, 1.807) is 6.92 Å². The quantitative estimate of drug-likeness (QED) is 0.721. The molecule has 1 saturated heterocycles. The van der Waals surface area contributed by atoms with E-state index in [-0.39, 0.29) is 31.0 Å². The Morgan fingerprint density at radius 2 is 1.84 bits per heavy atom. The Bertz CT molecular complexity index is 485. The van der Waals surface area contributed by atoms with Crippen LogP contribution in [-0.2, 0) is 19.9 Å². The minimum absolute atomic E-state index is 0.0680. The van der Waals surface area contributed by atoms with E-state index in [4.69, 9.17) is 5.11 Å². The Morgan fingerprint density at radius 1 is 1.32 bits per heavy atom. The Morgan fingerprint density at radius 3 is 2.26 bits per heavy atom. The zero-order valence-corrected chi connectivity index (χ0v) is 13.1. The Kier molecular flexibility index (Phi) is 5.39. The molecular weight excluding hydrogens is 290 g/mol. The molecule has 0 aliphatic carbocycles. The van der Waals surface area contributed by atoms with Crippen LogP contribution in [-0.4, -0.2) is 50.8 Å². The predicted molar refractivity (Wildman–Crippen MR) is 74.1 cm³/mol. The summed E-state index contributed by atoms with van der Waals surface area (Å²) in [6.07, 6.45) is 1.21. The lowest BCUT2D eigenvalue weighted by atomic mass is 9.97. The van der Waals surface area contributed by atoms with Crippen molar-refractivity contribution in [2.24, 2.45) is 0 Å². The molecule has 1 heterocycles. The predicted octanol–water partition coefficient (Wildman–Crippen LogP) is 0.0341. The van der Waals surface area contributed by atoms with E-state index in [0.717, 1.165) is 0 Å². The fourth-order valence-corrected chi connectivity index (χ4v) is 5.90. The SMILES string of the molecule is CCC(C)(CCO)NS(=O)(=O)C1CCS(=O)(=O)CC1. The van der Waals surface area contributed by atoms with Crippen molar-refractivity contribution in [1.29, 1.82) is 0 Å². The van der Waals surface area contributed by atoms with Gasteiger partial charge in [0.15, 0.2) is 0 Å². The summed E-state index contributed by atoms with van der Waals surface area (Å²) < 4.78 is 49.8. The van der Waals surface area contributed by atoms with Crippen LogP contribution in [0, 0.1) is 0 Å². The third kappa shape index (κ3) is 4.70. The molecule has 1 aliphatic heterocycles. The maximum atomic E-state index is 12.3. The molecule has 1 aliphatic rings. The third-order valence-corrected chi connectivity index (χ3v) is 7.61. The highest BCUT2D eigenvalue weighted by Crippen LogP contribution is 2.22. The molecule has 1 unspecified atom stereocenters. The van der Waals surface area contributed by atoms with Crippen molar-refractivity contribution >= 4 is 19.9 Å². The largest absolute Gasteiger partial charge is 0.396 e. The zero-order valence-electron chi connectivity index (χ0n) is 11.4. The molecule has 0 aromatic carbocycles. The van der Waals surface area contributed by atoms with Crippen LogP contribution in [0.1, 0.15) is 39.5 Å². The topological polar surface area (TPSA) is 101 Å². The van der Waals surface area contributed by atoms with Gasteiger partial charge < -0.3 is 5.11 Å². The summed E-state index contributed by atoms with van der Waals surface area (Å²) in [6, 6.07) is 0. The second-order valence-electron chi connectivity index (χ2n) is 5.39. The lowest BCUT2D eigenvalue weighted by Crippen LogP contribution is -2.50. The monoisotopic (exact) mass is 313 g/mol. The zero-order chi connectivity index (χ0) is 14.7. The molecule has 0 amide bonds. The number of sulfonamides is 1. The summed E-state index contributed by atoms with van der Waals surface area (Å²) in [6.45, 7) is 3.51. The van der Waals surface area contributed by atoms with Crippen LogP contribution in [0.25, 0.3) is 0 Å². The van der Waals surface area contributed by atoms with Crippen LogP contribution >= 0.6 is 0 Å². The van der Waals surface area contributed by atoms with Gasteiger partial charge in [-0.1, -0.05) is 6.92 Å². The first-order valence-corrected chi connectivity index (χ1v) is 9.85. The molecule has 0 radical (unpaired) electrons. The van der Waals surface area contributed by atoms with Gasteiger partial charge in [0.25, 0.3) is 0 Å². The van der Waals surface area contributed by atoms with E-state index in [1.807, 2.05) is 6.92 Å². The summed E-state index contributed by atoms with van der Waals surface area (Å²) in [4.78, 5) is 0. The molecule has 8 heteroatoms. The van der Waals surface area contributed by atoms with Crippen molar-refractivity contribution < 1.29 is 21.9 Å². The molecule has 0 saturated carbocycles. The van der Waals surface area contributed by atoms with Gasteiger partial charge in [0.1, 0.15) is 9.84 Å². The van der Waals surface area contributed by atoms with E-state index >= 15 is 0 Å². The van der Waals surface area contributed by atoms with E-state index in [9.17, 15) is 16.8 Å². The number of aliphatic hydroxyl groups excluding tert-OH is 1. The van der Waals surface area contributed by atoms with Gasteiger partial charge in [-0.2, -0.15) is 0 Å². The van der Waals surface area contributed by atoms with Crippen LogP contribution in [0.3, 0.4) is 0 Å². The molecule has 2 N–H and O–H groups in total. The number of aliphatic hydroxyl groups is 1. The maximum Gasteiger partial charge on any atom is 0.215 e. The second-order valence-corrected chi connectivity index (χ2v) is 9.65. The first-order chi connectivity index (χ1) is 8.64. The van der Waals surface area contributed by atoms with Gasteiger partial charge in [-0.25, -0.2) is 21.6 Å². The summed E-state index contributed by atoms with van der Waals surface area (Å²) in [7, 11) is -6.62. The summed E-state index contributed by atoms with van der Waals surface area (Å²) in [5, 5.41) is 8.34. The van der Waals surface area contributed by atoms with E-state index in [0.29, 0.717) is 12.8 Å². The molecule has 1 rings (SSSR count). The first-order valence-electron chi connectivity index (χ1n) is 6.48. The number of nitrogens with one attached hydrogen (secondary N) is 1. The molecule has 1 atom stereocenters. The fraction of sp³-hybridized carbons (Fsp3) is 1.00. The molecule has 0 spiro atoms. The number of hydrogen-bond acceptors (Lipinski definition) is 5. The third-order valence-electron chi connectivity index (χ3n) is 3.77. The van der Waals surface area contributed by atoms with Crippen molar-refractivity contribution in [1.82, 2.24) is 4.72 Å². The van der Waals surface area contributed by atoms with Gasteiger partial charge in [0.2, 0.25) is 10.0 Å². The molecule has 0 bridgehead atoms. The first kappa shape index (κ1) is 16.9. The second kappa shape index (κ2) is 6.07. The highest BCUT2D eigenvalue weighted by molar-refractivity contribution is 7.92. The molecular formula is C11H23NO5S2. The van der Waals surface area contributed by atoms with Gasteiger partial charge in [0, 0.05) is 12.1 Å². The van der Waals surface area contributed by atoms with Crippen LogP contribution in [0.4, 0.5) is 0 Å². The smallest absolute Gasteiger partial charge is 0.215 e. The van der Waals surface area contributed by atoms with Crippen LogP contribution in [0.5, 0.6) is 0 Å². The lowest BCUT2D eigenvalue weighted by molar-refractivity contribution is 0.233. The van der Waals surface area contributed by atoms with Crippen LogP contribution in [0.15, 0.2) is 0 Å². The molecule has 0 aromatic heterocycles. The van der Waals surface area contributed by atoms with Gasteiger partial charge in [-0.05, 0) is 32.6 Å². The van der Waals surface area contributed by atoms with Gasteiger partial charge in [0.05, 0.1) is 16.8 Å². The lowest BCUT2D eigenvalue weighted by Gasteiger charge is -2.32. The summed E-state index contributed by atoms with van der Waals surface area (Å²) in [5.74, 6) is -0.136. The number of hydrogen-bond donors (Lipinski definition) is 2. The van der Waals surface area contributed by atoms with Gasteiger partial charge in [-0.15, -0.1) is 0 Å². The normalized spacial score (nSPS) is 23.9. The molecule has 114 valence electrons. The van der Waals surface area contributed by atoms with Crippen molar-refractivity contribution in [2.75, 3.05) is 18.1 Å². The summed E-state index contributed by atoms with van der Waals surface area (Å²) >= 11 is 0. The van der Waals surface area contributed by atoms with Crippen molar-refractivity contribution in [3.8, 4) is 0 Å². The highest BCUT2D eigenvalue weighted by atomic mass is 32.2. The van der Waals surface area contributed by atoms with Crippen molar-refractivity contribution in [2.45, 2.75) is 50.3 Å². The minimum atomic E-state index is -3.55. The maximum absolute atomic E-state index is 12.3. The Labute approximate surface area is 115 Å². The highest BCUT2D eigenvalue weighted by Gasteiger charge is 2.36. The molecule has 6 nitrogen and oxygen atoms in total. The molecule has 19 heavy (non-hydrogen) atoms. The average molecular weight is 313 g/mol. The van der Waals surface area contributed by atoms with Crippen molar-refractivity contribution in [3.63, 3.8) is 0 Å². The van der Waals surface area contributed by atoms with E-state index < -0.39 is 30.6 Å². The van der Waals surface area contributed by atoms with Gasteiger partial charge in [-0.3, -0.25) is 0 Å². The Balaban J connectivity index is 2.77. The van der Waals surface area contributed by atoms with E-state index in [2.05, 4.69) is 4.72 Å². The van der Waals surface area contributed by atoms with Gasteiger partial charge >= 0.3 is 0 Å².